The molecule has 28 heavy (non-hydrogen) atoms. The summed E-state index contributed by atoms with van der Waals surface area (Å²) < 4.78 is 3.06. The molecule has 2 aliphatic heterocycles. The van der Waals surface area contributed by atoms with E-state index in [2.05, 4.69) is 36.0 Å². The lowest BCUT2D eigenvalue weighted by Gasteiger charge is -2.18. The molecule has 1 fully saturated rings. The predicted molar refractivity (Wildman–Crippen MR) is 109 cm³/mol. The molecule has 2 aromatic rings. The maximum atomic E-state index is 12.6. The molecule has 0 bridgehead atoms. The molecule has 1 N–H and O–H groups in total. The Morgan fingerprint density at radius 1 is 1.21 bits per heavy atom. The Morgan fingerprint density at radius 3 is 2.93 bits per heavy atom. The van der Waals surface area contributed by atoms with Gasteiger partial charge in [-0.25, -0.2) is 0 Å². The summed E-state index contributed by atoms with van der Waals surface area (Å²) in [7, 11) is 0. The normalized spacial score (nSPS) is 19.4. The third kappa shape index (κ3) is 3.97. The van der Waals surface area contributed by atoms with Gasteiger partial charge in [0.2, 0.25) is 11.8 Å². The number of hydrogen-bond donors (Lipinski definition) is 1. The number of fused-ring (bicyclic) bond motifs is 1. The summed E-state index contributed by atoms with van der Waals surface area (Å²) in [5.74, 6) is 1.59. The first-order chi connectivity index (χ1) is 13.6. The zero-order valence-corrected chi connectivity index (χ0v) is 17.3. The van der Waals surface area contributed by atoms with Crippen LogP contribution in [0.25, 0.3) is 0 Å². The monoisotopic (exact) mass is 445 g/mol. The van der Waals surface area contributed by atoms with Crippen molar-refractivity contribution >= 4 is 33.4 Å². The number of aromatic nitrogens is 3. The molecule has 1 aromatic heterocycles. The minimum absolute atomic E-state index is 0.0187. The first kappa shape index (κ1) is 19.1. The van der Waals surface area contributed by atoms with E-state index in [1.807, 2.05) is 24.3 Å². The fraction of sp³-hybridized carbons (Fsp3) is 0.500. The highest BCUT2D eigenvalue weighted by molar-refractivity contribution is 9.10. The first-order valence-electron chi connectivity index (χ1n) is 9.87. The maximum absolute atomic E-state index is 12.6. The van der Waals surface area contributed by atoms with Crippen LogP contribution in [0.15, 0.2) is 28.7 Å². The van der Waals surface area contributed by atoms with Gasteiger partial charge in [0.05, 0.1) is 11.6 Å². The van der Waals surface area contributed by atoms with E-state index in [9.17, 15) is 9.59 Å². The number of benzene rings is 1. The first-order valence-corrected chi connectivity index (χ1v) is 10.7. The van der Waals surface area contributed by atoms with Gasteiger partial charge in [-0.3, -0.25) is 9.59 Å². The second-order valence-electron chi connectivity index (χ2n) is 7.39. The molecule has 1 unspecified atom stereocenters. The largest absolute Gasteiger partial charge is 0.355 e. The van der Waals surface area contributed by atoms with E-state index in [1.165, 1.54) is 12.8 Å². The number of para-hydroxylation sites is 1. The van der Waals surface area contributed by atoms with Crippen LogP contribution < -0.4 is 10.2 Å². The van der Waals surface area contributed by atoms with Crippen molar-refractivity contribution in [1.82, 2.24) is 20.1 Å². The van der Waals surface area contributed by atoms with Gasteiger partial charge in [0.25, 0.3) is 0 Å². The summed E-state index contributed by atoms with van der Waals surface area (Å²) in [6.07, 6.45) is 5.43. The molecule has 0 radical (unpaired) electrons. The van der Waals surface area contributed by atoms with Gasteiger partial charge >= 0.3 is 0 Å². The van der Waals surface area contributed by atoms with E-state index < -0.39 is 0 Å². The van der Waals surface area contributed by atoms with E-state index in [4.69, 9.17) is 0 Å². The number of aryl methyl sites for hydroxylation is 1. The van der Waals surface area contributed by atoms with E-state index >= 15 is 0 Å². The van der Waals surface area contributed by atoms with Crippen LogP contribution >= 0.6 is 15.9 Å². The lowest BCUT2D eigenvalue weighted by Crippen LogP contribution is -2.34. The second-order valence-corrected chi connectivity index (χ2v) is 8.25. The Kier molecular flexibility index (Phi) is 5.75. The average molecular weight is 446 g/mol. The summed E-state index contributed by atoms with van der Waals surface area (Å²) >= 11 is 3.48. The standard InChI is InChI=1S/C20H24BrN5O2/c21-15-6-3-4-7-16(15)26-13-14(12-19(26)27)20(28)22-10-9-18-24-23-17-8-2-1-5-11-25(17)18/h3-4,6-7,14H,1-2,5,8-13H2,(H,22,28). The number of anilines is 1. The number of carbonyl (C=O) groups excluding carboxylic acids is 2. The molecule has 0 aliphatic carbocycles. The van der Waals surface area contributed by atoms with Crippen molar-refractivity contribution in [2.24, 2.45) is 5.92 Å². The van der Waals surface area contributed by atoms with Crippen LogP contribution in [0.5, 0.6) is 0 Å². The molecule has 2 aliphatic rings. The summed E-state index contributed by atoms with van der Waals surface area (Å²) in [6, 6.07) is 7.59. The number of amides is 2. The van der Waals surface area contributed by atoms with Crippen molar-refractivity contribution in [2.45, 2.75) is 45.1 Å². The van der Waals surface area contributed by atoms with E-state index in [0.717, 1.165) is 41.2 Å². The Bertz CT molecular complexity index is 881. The summed E-state index contributed by atoms with van der Waals surface area (Å²) in [4.78, 5) is 26.7. The van der Waals surface area contributed by atoms with Crippen molar-refractivity contribution in [2.75, 3.05) is 18.0 Å². The molecular formula is C20H24BrN5O2. The van der Waals surface area contributed by atoms with Gasteiger partial charge in [-0.2, -0.15) is 0 Å². The minimum Gasteiger partial charge on any atom is -0.355 e. The molecule has 7 nitrogen and oxygen atoms in total. The van der Waals surface area contributed by atoms with Gasteiger partial charge < -0.3 is 14.8 Å². The van der Waals surface area contributed by atoms with Crippen LogP contribution in [0, 0.1) is 5.92 Å². The van der Waals surface area contributed by atoms with Crippen LogP contribution in [0.4, 0.5) is 5.69 Å². The lowest BCUT2D eigenvalue weighted by atomic mass is 10.1. The molecule has 2 amide bonds. The second kappa shape index (κ2) is 8.43. The summed E-state index contributed by atoms with van der Waals surface area (Å²) in [6.45, 7) is 1.88. The number of hydrogen-bond acceptors (Lipinski definition) is 4. The number of rotatable bonds is 5. The van der Waals surface area contributed by atoms with E-state index in [1.54, 1.807) is 4.90 Å². The highest BCUT2D eigenvalue weighted by Gasteiger charge is 2.35. The van der Waals surface area contributed by atoms with Crippen LogP contribution in [0.3, 0.4) is 0 Å². The van der Waals surface area contributed by atoms with Crippen LogP contribution in [-0.2, 0) is 29.0 Å². The average Bonchev–Trinajstić information content (AvgIpc) is 3.17. The molecule has 1 atom stereocenters. The third-order valence-electron chi connectivity index (χ3n) is 5.47. The summed E-state index contributed by atoms with van der Waals surface area (Å²) in [5.41, 5.74) is 0.814. The molecule has 1 saturated heterocycles. The zero-order chi connectivity index (χ0) is 19.5. The van der Waals surface area contributed by atoms with Gasteiger partial charge in [0.1, 0.15) is 11.6 Å². The predicted octanol–water partition coefficient (Wildman–Crippen LogP) is 2.48. The van der Waals surface area contributed by atoms with Gasteiger partial charge in [-0.15, -0.1) is 10.2 Å². The Morgan fingerprint density at radius 2 is 2.07 bits per heavy atom. The zero-order valence-electron chi connectivity index (χ0n) is 15.7. The number of halogens is 1. The fourth-order valence-corrected chi connectivity index (χ4v) is 4.46. The molecule has 148 valence electrons. The lowest BCUT2D eigenvalue weighted by molar-refractivity contribution is -0.126. The highest BCUT2D eigenvalue weighted by Crippen LogP contribution is 2.31. The van der Waals surface area contributed by atoms with Gasteiger partial charge in [0.15, 0.2) is 0 Å². The highest BCUT2D eigenvalue weighted by atomic mass is 79.9. The molecule has 3 heterocycles. The third-order valence-corrected chi connectivity index (χ3v) is 6.14. The van der Waals surface area contributed by atoms with Crippen molar-refractivity contribution in [3.8, 4) is 0 Å². The van der Waals surface area contributed by atoms with Crippen molar-refractivity contribution in [3.63, 3.8) is 0 Å². The van der Waals surface area contributed by atoms with Crippen LogP contribution in [-0.4, -0.2) is 39.7 Å². The Hall–Kier alpha value is -2.22. The van der Waals surface area contributed by atoms with Crippen molar-refractivity contribution in [3.05, 3.63) is 40.4 Å². The van der Waals surface area contributed by atoms with Gasteiger partial charge in [-0.05, 0) is 40.9 Å². The number of nitrogens with zero attached hydrogens (tertiary/aromatic N) is 4. The molecule has 0 spiro atoms. The SMILES string of the molecule is O=C(NCCc1nnc2n1CCCCC2)C1CC(=O)N(c2ccccc2Br)C1. The quantitative estimate of drug-likeness (QED) is 0.766. The van der Waals surface area contributed by atoms with Crippen LogP contribution in [0.2, 0.25) is 0 Å². The van der Waals surface area contributed by atoms with Crippen molar-refractivity contribution in [1.29, 1.82) is 0 Å². The van der Waals surface area contributed by atoms with E-state index in [0.29, 0.717) is 19.5 Å². The smallest absolute Gasteiger partial charge is 0.227 e. The molecular weight excluding hydrogens is 422 g/mol. The molecule has 8 heteroatoms. The number of carbonyl (C=O) groups is 2. The van der Waals surface area contributed by atoms with E-state index in [-0.39, 0.29) is 24.2 Å². The summed E-state index contributed by atoms with van der Waals surface area (Å²) in [5, 5.41) is 11.6. The maximum Gasteiger partial charge on any atom is 0.227 e. The molecule has 0 saturated carbocycles. The Balaban J connectivity index is 1.32. The minimum atomic E-state index is -0.324. The molecule has 1 aromatic carbocycles. The van der Waals surface area contributed by atoms with Gasteiger partial charge in [0, 0.05) is 43.4 Å². The topological polar surface area (TPSA) is 80.1 Å². The molecule has 4 rings (SSSR count). The number of nitrogens with one attached hydrogen (secondary N) is 1. The Labute approximate surface area is 172 Å². The van der Waals surface area contributed by atoms with Crippen molar-refractivity contribution < 1.29 is 9.59 Å². The fourth-order valence-electron chi connectivity index (χ4n) is 3.96. The van der Waals surface area contributed by atoms with Gasteiger partial charge in [-0.1, -0.05) is 18.6 Å². The van der Waals surface area contributed by atoms with Crippen LogP contribution in [0.1, 0.15) is 37.3 Å².